The summed E-state index contributed by atoms with van der Waals surface area (Å²) in [5, 5.41) is 0. The molecule has 1 aliphatic rings. The molecule has 0 fully saturated rings. The molecule has 0 aromatic carbocycles. The van der Waals surface area contributed by atoms with E-state index < -0.39 is 0 Å². The number of hydrogen-bond acceptors (Lipinski definition) is 2. The average molecular weight is 181 g/mol. The molecule has 0 saturated heterocycles. The van der Waals surface area contributed by atoms with Gasteiger partial charge >= 0.3 is 0 Å². The van der Waals surface area contributed by atoms with Crippen LogP contribution in [-0.2, 0) is 4.74 Å². The van der Waals surface area contributed by atoms with Crippen molar-refractivity contribution in [3.05, 3.63) is 11.6 Å². The van der Waals surface area contributed by atoms with Crippen LogP contribution in [0.1, 0.15) is 40.0 Å². The first-order chi connectivity index (χ1) is 6.26. The van der Waals surface area contributed by atoms with Gasteiger partial charge in [-0.1, -0.05) is 19.9 Å². The van der Waals surface area contributed by atoms with E-state index in [9.17, 15) is 0 Å². The van der Waals surface area contributed by atoms with E-state index in [0.717, 1.165) is 19.3 Å². The van der Waals surface area contributed by atoms with Gasteiger partial charge in [-0.05, 0) is 25.3 Å². The van der Waals surface area contributed by atoms with E-state index in [1.807, 2.05) is 6.21 Å². The molecule has 0 aromatic rings. The highest BCUT2D eigenvalue weighted by Gasteiger charge is 2.13. The van der Waals surface area contributed by atoms with Crippen LogP contribution in [0, 0.1) is 0 Å². The van der Waals surface area contributed by atoms with Crippen molar-refractivity contribution in [1.29, 1.82) is 0 Å². The van der Waals surface area contributed by atoms with Crippen LogP contribution in [0.5, 0.6) is 0 Å². The Morgan fingerprint density at radius 2 is 2.23 bits per heavy atom. The quantitative estimate of drug-likeness (QED) is 0.653. The Hall–Kier alpha value is -0.630. The minimum absolute atomic E-state index is 0.0635. The lowest BCUT2D eigenvalue weighted by molar-refractivity contribution is -0.00929. The lowest BCUT2D eigenvalue weighted by Gasteiger charge is -2.21. The summed E-state index contributed by atoms with van der Waals surface area (Å²) in [5.74, 6) is 0. The van der Waals surface area contributed by atoms with Crippen LogP contribution in [-0.4, -0.2) is 18.5 Å². The summed E-state index contributed by atoms with van der Waals surface area (Å²) in [6.45, 7) is 6.38. The van der Waals surface area contributed by atoms with Crippen molar-refractivity contribution in [3.63, 3.8) is 0 Å². The molecular formula is C11H19NO. The molecule has 0 radical (unpaired) electrons. The molecule has 0 bridgehead atoms. The predicted molar refractivity (Wildman–Crippen MR) is 56.1 cm³/mol. The van der Waals surface area contributed by atoms with E-state index in [0.29, 0.717) is 6.10 Å². The highest BCUT2D eigenvalue weighted by molar-refractivity contribution is 5.78. The second kappa shape index (κ2) is 5.18. The van der Waals surface area contributed by atoms with Gasteiger partial charge in [0.2, 0.25) is 0 Å². The summed E-state index contributed by atoms with van der Waals surface area (Å²) < 4.78 is 5.80. The Morgan fingerprint density at radius 3 is 2.69 bits per heavy atom. The van der Waals surface area contributed by atoms with Crippen LogP contribution in [0.25, 0.3) is 0 Å². The van der Waals surface area contributed by atoms with E-state index in [4.69, 9.17) is 4.74 Å². The summed E-state index contributed by atoms with van der Waals surface area (Å²) >= 11 is 0. The largest absolute Gasteiger partial charge is 0.353 e. The van der Waals surface area contributed by atoms with Gasteiger partial charge in [0.25, 0.3) is 0 Å². The zero-order valence-electron chi connectivity index (χ0n) is 8.79. The molecule has 2 heteroatoms. The minimum atomic E-state index is 0.0635. The number of ether oxygens (including phenoxy) is 1. The van der Waals surface area contributed by atoms with E-state index in [-0.39, 0.29) is 6.23 Å². The Kier molecular flexibility index (Phi) is 4.16. The fourth-order valence-corrected chi connectivity index (χ4v) is 1.39. The molecular weight excluding hydrogens is 162 g/mol. The standard InChI is InChI=1S/C11H19NO/c1-4-10(5-2)13-11-7-6-9(3)8-12-11/h6,8,10-11H,4-5,7H2,1-3H3. The Morgan fingerprint density at radius 1 is 1.54 bits per heavy atom. The highest BCUT2D eigenvalue weighted by Crippen LogP contribution is 2.14. The average Bonchev–Trinajstić information content (AvgIpc) is 2.17. The maximum Gasteiger partial charge on any atom is 0.152 e. The molecule has 1 atom stereocenters. The predicted octanol–water partition coefficient (Wildman–Crippen LogP) is 2.94. The van der Waals surface area contributed by atoms with Crippen LogP contribution in [0.15, 0.2) is 16.6 Å². The molecule has 0 saturated carbocycles. The monoisotopic (exact) mass is 181 g/mol. The van der Waals surface area contributed by atoms with Crippen LogP contribution in [0.3, 0.4) is 0 Å². The number of aliphatic imine (C=N–C) groups is 1. The maximum atomic E-state index is 5.80. The molecule has 74 valence electrons. The lowest BCUT2D eigenvalue weighted by Crippen LogP contribution is -2.20. The van der Waals surface area contributed by atoms with Crippen molar-refractivity contribution in [2.45, 2.75) is 52.4 Å². The minimum Gasteiger partial charge on any atom is -0.353 e. The van der Waals surface area contributed by atoms with E-state index in [2.05, 4.69) is 31.8 Å². The number of allylic oxidation sites excluding steroid dienone is 1. The van der Waals surface area contributed by atoms with Crippen LogP contribution in [0.4, 0.5) is 0 Å². The molecule has 0 aromatic heterocycles. The molecule has 0 amide bonds. The topological polar surface area (TPSA) is 21.6 Å². The molecule has 1 rings (SSSR count). The molecule has 0 spiro atoms. The molecule has 1 unspecified atom stereocenters. The molecule has 13 heavy (non-hydrogen) atoms. The van der Waals surface area contributed by atoms with Gasteiger partial charge in [-0.15, -0.1) is 0 Å². The molecule has 0 aliphatic carbocycles. The van der Waals surface area contributed by atoms with Crippen molar-refractivity contribution >= 4 is 6.21 Å². The van der Waals surface area contributed by atoms with E-state index >= 15 is 0 Å². The van der Waals surface area contributed by atoms with Gasteiger partial charge < -0.3 is 4.74 Å². The smallest absolute Gasteiger partial charge is 0.152 e. The summed E-state index contributed by atoms with van der Waals surface area (Å²) in [6, 6.07) is 0. The summed E-state index contributed by atoms with van der Waals surface area (Å²) in [4.78, 5) is 4.33. The Balaban J connectivity index is 2.35. The normalized spacial score (nSPS) is 22.2. The van der Waals surface area contributed by atoms with Gasteiger partial charge in [-0.3, -0.25) is 4.99 Å². The third-order valence-electron chi connectivity index (χ3n) is 2.35. The number of nitrogens with zero attached hydrogens (tertiary/aromatic N) is 1. The number of hydrogen-bond donors (Lipinski definition) is 0. The zero-order valence-corrected chi connectivity index (χ0v) is 8.79. The van der Waals surface area contributed by atoms with Crippen molar-refractivity contribution in [1.82, 2.24) is 0 Å². The summed E-state index contributed by atoms with van der Waals surface area (Å²) in [6.07, 6.45) is 7.59. The van der Waals surface area contributed by atoms with Gasteiger partial charge in [-0.2, -0.15) is 0 Å². The van der Waals surface area contributed by atoms with Crippen molar-refractivity contribution in [2.24, 2.45) is 4.99 Å². The molecule has 1 heterocycles. The van der Waals surface area contributed by atoms with Gasteiger partial charge in [-0.25, -0.2) is 0 Å². The third kappa shape index (κ3) is 3.31. The van der Waals surface area contributed by atoms with E-state index in [1.165, 1.54) is 5.57 Å². The maximum absolute atomic E-state index is 5.80. The molecule has 2 nitrogen and oxygen atoms in total. The number of dihydropyridines is 1. The first kappa shape index (κ1) is 10.5. The van der Waals surface area contributed by atoms with Crippen molar-refractivity contribution in [2.75, 3.05) is 0 Å². The van der Waals surface area contributed by atoms with Crippen LogP contribution in [0.2, 0.25) is 0 Å². The third-order valence-corrected chi connectivity index (χ3v) is 2.35. The van der Waals surface area contributed by atoms with Gasteiger partial charge in [0, 0.05) is 12.6 Å². The molecule has 1 aliphatic heterocycles. The second-order valence-electron chi connectivity index (χ2n) is 3.49. The highest BCUT2D eigenvalue weighted by atomic mass is 16.5. The first-order valence-corrected chi connectivity index (χ1v) is 5.11. The lowest BCUT2D eigenvalue weighted by atomic mass is 10.2. The van der Waals surface area contributed by atoms with Gasteiger partial charge in [0.15, 0.2) is 6.23 Å². The fourth-order valence-electron chi connectivity index (χ4n) is 1.39. The van der Waals surface area contributed by atoms with Crippen LogP contribution >= 0.6 is 0 Å². The van der Waals surface area contributed by atoms with E-state index in [1.54, 1.807) is 0 Å². The zero-order chi connectivity index (χ0) is 9.68. The summed E-state index contributed by atoms with van der Waals surface area (Å²) in [7, 11) is 0. The Labute approximate surface area is 80.7 Å². The number of rotatable bonds is 4. The Bertz CT molecular complexity index is 204. The van der Waals surface area contributed by atoms with Crippen molar-refractivity contribution in [3.8, 4) is 0 Å². The fraction of sp³-hybridized carbons (Fsp3) is 0.727. The second-order valence-corrected chi connectivity index (χ2v) is 3.49. The van der Waals surface area contributed by atoms with Gasteiger partial charge in [0.1, 0.15) is 0 Å². The SMILES string of the molecule is CCC(CC)OC1CC=C(C)C=N1. The van der Waals surface area contributed by atoms with Gasteiger partial charge in [0.05, 0.1) is 6.10 Å². The van der Waals surface area contributed by atoms with Crippen LogP contribution < -0.4 is 0 Å². The molecule has 0 N–H and O–H groups in total. The summed E-state index contributed by atoms with van der Waals surface area (Å²) in [5.41, 5.74) is 1.24. The first-order valence-electron chi connectivity index (χ1n) is 5.11. The van der Waals surface area contributed by atoms with Crippen molar-refractivity contribution < 1.29 is 4.74 Å².